The van der Waals surface area contributed by atoms with E-state index in [1.165, 1.54) is 24.3 Å². The molecular weight excluding hydrogens is 542 g/mol. The molecule has 0 aliphatic rings. The molecule has 0 saturated carbocycles. The van der Waals surface area contributed by atoms with E-state index in [1.807, 2.05) is 60.7 Å². The second-order valence-corrected chi connectivity index (χ2v) is 9.41. The first kappa shape index (κ1) is 26.1. The molecule has 0 aromatic heterocycles. The average Bonchev–Trinajstić information content (AvgIpc) is 2.89. The normalized spacial score (nSPS) is 10.7. The minimum atomic E-state index is -0.891. The minimum absolute atomic E-state index is 0.125. The molecule has 0 unspecified atom stereocenters. The highest BCUT2D eigenvalue weighted by atomic mass is 35.5. The van der Waals surface area contributed by atoms with Crippen molar-refractivity contribution in [2.24, 2.45) is 0 Å². The summed E-state index contributed by atoms with van der Waals surface area (Å²) >= 11 is 25.2. The van der Waals surface area contributed by atoms with E-state index in [4.69, 9.17) is 56.2 Å². The summed E-state index contributed by atoms with van der Waals surface area (Å²) in [6.45, 7) is 0. The molecule has 0 radical (unpaired) electrons. The van der Waals surface area contributed by atoms with Crippen molar-refractivity contribution >= 4 is 58.3 Å². The van der Waals surface area contributed by atoms with Gasteiger partial charge < -0.3 is 0 Å². The van der Waals surface area contributed by atoms with Gasteiger partial charge in [-0.1, -0.05) is 107 Å². The van der Waals surface area contributed by atoms with Gasteiger partial charge in [-0.3, -0.25) is 0 Å². The predicted molar refractivity (Wildman–Crippen MR) is 142 cm³/mol. The van der Waals surface area contributed by atoms with Gasteiger partial charge in [-0.25, -0.2) is 19.4 Å². The van der Waals surface area contributed by atoms with Gasteiger partial charge in [0.2, 0.25) is 0 Å². The van der Waals surface area contributed by atoms with Crippen molar-refractivity contribution in [3.05, 3.63) is 138 Å². The van der Waals surface area contributed by atoms with Gasteiger partial charge in [-0.2, -0.15) is 0 Å². The van der Waals surface area contributed by atoms with Crippen molar-refractivity contribution in [2.75, 3.05) is 0 Å². The Morgan fingerprint density at radius 1 is 0.528 bits per heavy atom. The third kappa shape index (κ3) is 6.03. The molecular formula is C28H18Cl4O4. The second-order valence-electron chi connectivity index (χ2n) is 7.84. The van der Waals surface area contributed by atoms with Crippen LogP contribution >= 0.6 is 46.4 Å². The number of hydrogen-bond acceptors (Lipinski definition) is 4. The zero-order valence-electron chi connectivity index (χ0n) is 18.6. The summed E-state index contributed by atoms with van der Waals surface area (Å²) < 4.78 is 0. The van der Waals surface area contributed by atoms with Crippen LogP contribution in [0, 0.1) is 0 Å². The van der Waals surface area contributed by atoms with E-state index >= 15 is 0 Å². The zero-order chi connectivity index (χ0) is 25.7. The van der Waals surface area contributed by atoms with Crippen molar-refractivity contribution in [2.45, 2.75) is 12.8 Å². The molecule has 4 rings (SSSR count). The van der Waals surface area contributed by atoms with Gasteiger partial charge >= 0.3 is 11.9 Å². The first-order chi connectivity index (χ1) is 17.3. The van der Waals surface area contributed by atoms with Crippen molar-refractivity contribution in [1.29, 1.82) is 0 Å². The van der Waals surface area contributed by atoms with Gasteiger partial charge in [0, 0.05) is 0 Å². The van der Waals surface area contributed by atoms with Gasteiger partial charge in [0.05, 0.1) is 31.2 Å². The van der Waals surface area contributed by atoms with Crippen LogP contribution < -0.4 is 0 Å². The van der Waals surface area contributed by atoms with Crippen molar-refractivity contribution < 1.29 is 19.4 Å². The topological polar surface area (TPSA) is 52.6 Å². The summed E-state index contributed by atoms with van der Waals surface area (Å²) in [4.78, 5) is 35.7. The number of benzene rings is 4. The van der Waals surface area contributed by atoms with E-state index in [9.17, 15) is 9.59 Å². The molecule has 0 saturated heterocycles. The molecule has 4 nitrogen and oxygen atoms in total. The molecule has 0 aliphatic heterocycles. The molecule has 0 heterocycles. The summed E-state index contributed by atoms with van der Waals surface area (Å²) in [5.41, 5.74) is 2.98. The summed E-state index contributed by atoms with van der Waals surface area (Å²) in [5.74, 6) is -1.78. The van der Waals surface area contributed by atoms with Crippen LogP contribution in [0.15, 0.2) is 84.9 Å². The third-order valence-electron chi connectivity index (χ3n) is 5.47. The van der Waals surface area contributed by atoms with Crippen molar-refractivity contribution in [3.63, 3.8) is 0 Å². The fourth-order valence-electron chi connectivity index (χ4n) is 3.68. The molecule has 0 fully saturated rings. The highest BCUT2D eigenvalue weighted by molar-refractivity contribution is 6.43. The van der Waals surface area contributed by atoms with Crippen LogP contribution in [0.25, 0.3) is 0 Å². The molecule has 0 amide bonds. The lowest BCUT2D eigenvalue weighted by Crippen LogP contribution is -2.15. The first-order valence-corrected chi connectivity index (χ1v) is 12.3. The molecule has 4 aromatic rings. The molecule has 0 N–H and O–H groups in total. The van der Waals surface area contributed by atoms with Crippen LogP contribution in [-0.2, 0) is 22.6 Å². The minimum Gasteiger partial charge on any atom is -0.241 e. The number of carbonyl (C=O) groups is 2. The van der Waals surface area contributed by atoms with Crippen LogP contribution in [0.3, 0.4) is 0 Å². The van der Waals surface area contributed by atoms with Gasteiger partial charge in [0.15, 0.2) is 0 Å². The molecule has 0 bridgehead atoms. The van der Waals surface area contributed by atoms with Gasteiger partial charge in [0.25, 0.3) is 0 Å². The molecule has 4 aromatic carbocycles. The molecule has 0 aliphatic carbocycles. The lowest BCUT2D eigenvalue weighted by molar-refractivity contribution is -0.187. The maximum Gasteiger partial charge on any atom is 0.386 e. The Morgan fingerprint density at radius 3 is 1.25 bits per heavy atom. The van der Waals surface area contributed by atoms with Gasteiger partial charge in [-0.15, -0.1) is 0 Å². The van der Waals surface area contributed by atoms with Crippen LogP contribution in [-0.4, -0.2) is 11.9 Å². The largest absolute Gasteiger partial charge is 0.386 e. The average molecular weight is 560 g/mol. The van der Waals surface area contributed by atoms with Crippen LogP contribution in [0.1, 0.15) is 43.0 Å². The van der Waals surface area contributed by atoms with E-state index in [-0.39, 0.29) is 31.2 Å². The number of rotatable bonds is 6. The number of hydrogen-bond donors (Lipinski definition) is 0. The summed E-state index contributed by atoms with van der Waals surface area (Å²) in [6.07, 6.45) is 0.652. The molecule has 0 atom stereocenters. The Labute approximate surface area is 228 Å². The van der Waals surface area contributed by atoms with Crippen molar-refractivity contribution in [3.8, 4) is 0 Å². The standard InChI is InChI=1S/C28H18Cl4O4/c29-23-13-11-19(21(25(23)31)15-17-7-3-1-4-8-17)27(33)35-36-28(34)20-12-14-24(30)26(32)22(20)16-18-9-5-2-6-10-18/h1-14H,15-16H2. The van der Waals surface area contributed by atoms with Crippen LogP contribution in [0.2, 0.25) is 20.1 Å². The zero-order valence-corrected chi connectivity index (χ0v) is 21.7. The van der Waals surface area contributed by atoms with Crippen LogP contribution in [0.4, 0.5) is 0 Å². The van der Waals surface area contributed by atoms with E-state index in [0.29, 0.717) is 24.0 Å². The van der Waals surface area contributed by atoms with Crippen molar-refractivity contribution in [1.82, 2.24) is 0 Å². The fourth-order valence-corrected chi connectivity index (χ4v) is 4.50. The summed E-state index contributed by atoms with van der Waals surface area (Å²) in [5, 5.41) is 1.02. The number of carbonyl (C=O) groups excluding carboxylic acids is 2. The van der Waals surface area contributed by atoms with E-state index < -0.39 is 11.9 Å². The third-order valence-corrected chi connectivity index (χ3v) is 7.16. The highest BCUT2D eigenvalue weighted by Crippen LogP contribution is 2.33. The smallest absolute Gasteiger partial charge is 0.241 e. The molecule has 36 heavy (non-hydrogen) atoms. The molecule has 0 spiro atoms. The Hall–Kier alpha value is -3.02. The Balaban J connectivity index is 1.56. The predicted octanol–water partition coefficient (Wildman–Crippen LogP) is 8.41. The lowest BCUT2D eigenvalue weighted by atomic mass is 9.99. The van der Waals surface area contributed by atoms with Crippen LogP contribution in [0.5, 0.6) is 0 Å². The van der Waals surface area contributed by atoms with E-state index in [2.05, 4.69) is 0 Å². The van der Waals surface area contributed by atoms with E-state index in [1.54, 1.807) is 0 Å². The Kier molecular flexibility index (Phi) is 8.55. The maximum atomic E-state index is 12.9. The summed E-state index contributed by atoms with van der Waals surface area (Å²) in [6, 6.07) is 24.7. The summed E-state index contributed by atoms with van der Waals surface area (Å²) in [7, 11) is 0. The highest BCUT2D eigenvalue weighted by Gasteiger charge is 2.23. The second kappa shape index (κ2) is 11.8. The Morgan fingerprint density at radius 2 is 0.889 bits per heavy atom. The fraction of sp³-hybridized carbons (Fsp3) is 0.0714. The lowest BCUT2D eigenvalue weighted by Gasteiger charge is -2.13. The SMILES string of the molecule is O=C(OOC(=O)c1ccc(Cl)c(Cl)c1Cc1ccccc1)c1ccc(Cl)c(Cl)c1Cc1ccccc1. The monoisotopic (exact) mass is 558 g/mol. The number of halogens is 4. The van der Waals surface area contributed by atoms with Gasteiger partial charge in [-0.05, 0) is 59.4 Å². The molecule has 8 heteroatoms. The quantitative estimate of drug-likeness (QED) is 0.176. The van der Waals surface area contributed by atoms with E-state index in [0.717, 1.165) is 11.1 Å². The maximum absolute atomic E-state index is 12.9. The van der Waals surface area contributed by atoms with Gasteiger partial charge in [0.1, 0.15) is 0 Å². The molecule has 182 valence electrons. The Bertz CT molecular complexity index is 1300. The first-order valence-electron chi connectivity index (χ1n) is 10.8.